The van der Waals surface area contributed by atoms with E-state index in [-0.39, 0.29) is 11.9 Å². The number of hydrogen-bond donors (Lipinski definition) is 1. The highest BCUT2D eigenvalue weighted by Gasteiger charge is 2.23. The first-order chi connectivity index (χ1) is 13.4. The van der Waals surface area contributed by atoms with Gasteiger partial charge in [0.2, 0.25) is 5.91 Å². The molecule has 4 rings (SSSR count). The first-order valence-corrected chi connectivity index (χ1v) is 11.5. The van der Waals surface area contributed by atoms with E-state index < -0.39 is 0 Å². The molecule has 0 spiro atoms. The van der Waals surface area contributed by atoms with Crippen LogP contribution in [-0.4, -0.2) is 21.2 Å². The van der Waals surface area contributed by atoms with Crippen LogP contribution in [0.4, 0.5) is 0 Å². The zero-order valence-corrected chi connectivity index (χ0v) is 18.5. The Morgan fingerprint density at radius 1 is 1.32 bits per heavy atom. The topological polar surface area (TPSA) is 46.9 Å². The summed E-state index contributed by atoms with van der Waals surface area (Å²) >= 11 is 9.64. The van der Waals surface area contributed by atoms with Crippen LogP contribution < -0.4 is 5.32 Å². The van der Waals surface area contributed by atoms with Gasteiger partial charge in [-0.25, -0.2) is 4.98 Å². The molecule has 1 amide bonds. The third-order valence-electron chi connectivity index (χ3n) is 5.12. The second-order valence-electron chi connectivity index (χ2n) is 7.06. The third-order valence-corrected chi connectivity index (χ3v) is 7.25. The Morgan fingerprint density at radius 2 is 2.14 bits per heavy atom. The number of amides is 1. The number of carbonyl (C=O) groups is 1. The Balaban J connectivity index is 1.53. The summed E-state index contributed by atoms with van der Waals surface area (Å²) in [4.78, 5) is 18.6. The van der Waals surface area contributed by atoms with Crippen LogP contribution in [0.25, 0.3) is 11.3 Å². The van der Waals surface area contributed by atoms with Crippen LogP contribution in [0.3, 0.4) is 0 Å². The predicted molar refractivity (Wildman–Crippen MR) is 117 cm³/mol. The van der Waals surface area contributed by atoms with Gasteiger partial charge in [-0.2, -0.15) is 0 Å². The Kier molecular flexibility index (Phi) is 5.54. The van der Waals surface area contributed by atoms with Crippen LogP contribution >= 0.6 is 34.7 Å². The number of aryl methyl sites for hydroxylation is 2. The largest absolute Gasteiger partial charge is 0.348 e. The fraction of sp³-hybridized carbons (Fsp3) is 0.333. The molecule has 146 valence electrons. The van der Waals surface area contributed by atoms with E-state index in [0.717, 1.165) is 45.4 Å². The van der Waals surface area contributed by atoms with Gasteiger partial charge in [0, 0.05) is 38.0 Å². The molecule has 1 N–H and O–H groups in total. The van der Waals surface area contributed by atoms with Crippen LogP contribution in [0.1, 0.15) is 34.4 Å². The summed E-state index contributed by atoms with van der Waals surface area (Å²) in [5.74, 6) is 1.01. The summed E-state index contributed by atoms with van der Waals surface area (Å²) < 4.78 is 2.07. The van der Waals surface area contributed by atoms with Gasteiger partial charge in [-0.05, 0) is 57.0 Å². The first kappa shape index (κ1) is 19.6. The molecule has 4 nitrogen and oxygen atoms in total. The van der Waals surface area contributed by atoms with Crippen molar-refractivity contribution in [1.82, 2.24) is 14.9 Å². The van der Waals surface area contributed by atoms with Gasteiger partial charge in [0.15, 0.2) is 0 Å². The van der Waals surface area contributed by atoms with E-state index in [9.17, 15) is 4.79 Å². The molecule has 0 aliphatic carbocycles. The van der Waals surface area contributed by atoms with E-state index in [1.165, 1.54) is 4.90 Å². The van der Waals surface area contributed by atoms with Crippen molar-refractivity contribution in [2.75, 3.05) is 5.75 Å². The Labute approximate surface area is 178 Å². The normalized spacial score (nSPS) is 16.1. The SMILES string of the molecule is Cc1nc(-c2cc(C)n(CC(=O)N[C@H]3CCSc4ccc(Cl)cc43)c2C)cs1. The number of nitrogens with zero attached hydrogens (tertiary/aromatic N) is 2. The molecule has 0 bridgehead atoms. The van der Waals surface area contributed by atoms with E-state index in [4.69, 9.17) is 11.6 Å². The van der Waals surface area contributed by atoms with Gasteiger partial charge in [-0.1, -0.05) is 11.6 Å². The zero-order valence-electron chi connectivity index (χ0n) is 16.1. The second kappa shape index (κ2) is 7.93. The summed E-state index contributed by atoms with van der Waals surface area (Å²) in [6, 6.07) is 8.06. The van der Waals surface area contributed by atoms with E-state index in [0.29, 0.717) is 11.6 Å². The number of halogens is 1. The number of hydrogen-bond acceptors (Lipinski definition) is 4. The zero-order chi connectivity index (χ0) is 19.8. The van der Waals surface area contributed by atoms with Crippen molar-refractivity contribution in [3.63, 3.8) is 0 Å². The van der Waals surface area contributed by atoms with Gasteiger partial charge in [0.1, 0.15) is 6.54 Å². The van der Waals surface area contributed by atoms with Crippen molar-refractivity contribution in [2.24, 2.45) is 0 Å². The van der Waals surface area contributed by atoms with Gasteiger partial charge in [0.05, 0.1) is 16.7 Å². The van der Waals surface area contributed by atoms with E-state index in [2.05, 4.69) is 33.2 Å². The highest BCUT2D eigenvalue weighted by Crippen LogP contribution is 2.37. The lowest BCUT2D eigenvalue weighted by molar-refractivity contribution is -0.122. The number of thioether (sulfide) groups is 1. The molecular formula is C21H22ClN3OS2. The maximum Gasteiger partial charge on any atom is 0.240 e. The number of benzene rings is 1. The van der Waals surface area contributed by atoms with Crippen LogP contribution in [0.2, 0.25) is 5.02 Å². The van der Waals surface area contributed by atoms with Crippen molar-refractivity contribution < 1.29 is 4.79 Å². The second-order valence-corrected chi connectivity index (χ2v) is 9.70. The van der Waals surface area contributed by atoms with Crippen molar-refractivity contribution in [2.45, 2.75) is 44.7 Å². The molecule has 0 fully saturated rings. The fourth-order valence-corrected chi connectivity index (χ4v) is 5.59. The van der Waals surface area contributed by atoms with Crippen LogP contribution in [0.5, 0.6) is 0 Å². The Morgan fingerprint density at radius 3 is 2.89 bits per heavy atom. The molecule has 0 unspecified atom stereocenters. The molecule has 7 heteroatoms. The lowest BCUT2D eigenvalue weighted by Crippen LogP contribution is -2.33. The first-order valence-electron chi connectivity index (χ1n) is 9.23. The van der Waals surface area contributed by atoms with Crippen molar-refractivity contribution in [3.05, 3.63) is 56.6 Å². The molecule has 1 aliphatic rings. The minimum absolute atomic E-state index is 0.0132. The Bertz CT molecular complexity index is 1040. The van der Waals surface area contributed by atoms with E-state index >= 15 is 0 Å². The predicted octanol–water partition coefficient (Wildman–Crippen LogP) is 5.54. The number of thiazole rings is 1. The van der Waals surface area contributed by atoms with Gasteiger partial charge >= 0.3 is 0 Å². The van der Waals surface area contributed by atoms with Crippen LogP contribution in [0, 0.1) is 20.8 Å². The molecule has 2 aromatic heterocycles. The minimum atomic E-state index is 0.0132. The quantitative estimate of drug-likeness (QED) is 0.589. The molecule has 1 aliphatic heterocycles. The highest BCUT2D eigenvalue weighted by molar-refractivity contribution is 7.99. The maximum absolute atomic E-state index is 12.8. The molecule has 1 aromatic carbocycles. The molecule has 3 heterocycles. The van der Waals surface area contributed by atoms with Gasteiger partial charge in [0.25, 0.3) is 0 Å². The summed E-state index contributed by atoms with van der Waals surface area (Å²) in [5, 5.41) is 7.04. The highest BCUT2D eigenvalue weighted by atomic mass is 35.5. The number of rotatable bonds is 4. The Hall–Kier alpha value is -1.76. The monoisotopic (exact) mass is 431 g/mol. The molecule has 0 saturated heterocycles. The standard InChI is InChI=1S/C21H22ClN3OS2/c1-12-8-16(19-11-28-14(3)23-19)13(2)25(12)10-21(26)24-18-6-7-27-20-5-4-15(22)9-17(18)20/h4-5,8-9,11,18H,6-7,10H2,1-3H3,(H,24,26)/t18-/m0/s1. The smallest absolute Gasteiger partial charge is 0.240 e. The number of nitrogens with one attached hydrogen (secondary N) is 1. The minimum Gasteiger partial charge on any atom is -0.348 e. The van der Waals surface area contributed by atoms with Gasteiger partial charge in [-0.15, -0.1) is 23.1 Å². The lowest BCUT2D eigenvalue weighted by atomic mass is 10.0. The van der Waals surface area contributed by atoms with E-state index in [1.807, 2.05) is 43.8 Å². The third kappa shape index (κ3) is 3.86. The fourth-order valence-electron chi connectivity index (χ4n) is 3.69. The molecule has 0 saturated carbocycles. The van der Waals surface area contributed by atoms with Crippen molar-refractivity contribution >= 4 is 40.6 Å². The van der Waals surface area contributed by atoms with Crippen LogP contribution in [-0.2, 0) is 11.3 Å². The average molecular weight is 432 g/mol. The van der Waals surface area contributed by atoms with Crippen molar-refractivity contribution in [1.29, 1.82) is 0 Å². The lowest BCUT2D eigenvalue weighted by Gasteiger charge is -2.26. The summed E-state index contributed by atoms with van der Waals surface area (Å²) in [5.41, 5.74) is 5.34. The number of carbonyl (C=O) groups excluding carboxylic acids is 1. The van der Waals surface area contributed by atoms with Crippen LogP contribution in [0.15, 0.2) is 34.5 Å². The molecular weight excluding hydrogens is 410 g/mol. The number of fused-ring (bicyclic) bond motifs is 1. The molecule has 3 aromatic rings. The maximum atomic E-state index is 12.8. The molecule has 0 radical (unpaired) electrons. The summed E-state index contributed by atoms with van der Waals surface area (Å²) in [6.07, 6.45) is 0.913. The van der Waals surface area contributed by atoms with Gasteiger partial charge < -0.3 is 9.88 Å². The number of aromatic nitrogens is 2. The molecule has 28 heavy (non-hydrogen) atoms. The molecule has 1 atom stereocenters. The summed E-state index contributed by atoms with van der Waals surface area (Å²) in [6.45, 7) is 6.40. The van der Waals surface area contributed by atoms with Crippen molar-refractivity contribution in [3.8, 4) is 11.3 Å². The summed E-state index contributed by atoms with van der Waals surface area (Å²) in [7, 11) is 0. The average Bonchev–Trinajstić information content (AvgIpc) is 3.20. The van der Waals surface area contributed by atoms with E-state index in [1.54, 1.807) is 11.3 Å². The van der Waals surface area contributed by atoms with Gasteiger partial charge in [-0.3, -0.25) is 4.79 Å².